The fraction of sp³-hybridized carbons (Fsp3) is 0.895. The molecule has 7 atom stereocenters. The molecule has 4 aliphatic carbocycles. The Morgan fingerprint density at radius 3 is 2.41 bits per heavy atom. The molecular formula is C19H28O3. The molecule has 0 aromatic carbocycles. The van der Waals surface area contributed by atoms with Crippen LogP contribution in [0.5, 0.6) is 0 Å². The minimum absolute atomic E-state index is 0.126. The van der Waals surface area contributed by atoms with E-state index in [2.05, 4.69) is 0 Å². The average molecular weight is 304 g/mol. The van der Waals surface area contributed by atoms with Gasteiger partial charge >= 0.3 is 5.97 Å². The molecule has 0 aromatic rings. The highest BCUT2D eigenvalue weighted by Gasteiger charge is 2.53. The number of ketones is 1. The summed E-state index contributed by atoms with van der Waals surface area (Å²) in [6.45, 7) is 1.53. The van der Waals surface area contributed by atoms with Crippen molar-refractivity contribution in [3.63, 3.8) is 0 Å². The molecule has 0 amide bonds. The summed E-state index contributed by atoms with van der Waals surface area (Å²) in [5, 5.41) is 0. The molecule has 22 heavy (non-hydrogen) atoms. The van der Waals surface area contributed by atoms with Gasteiger partial charge in [0, 0.05) is 19.3 Å². The van der Waals surface area contributed by atoms with E-state index in [0.717, 1.165) is 25.2 Å². The van der Waals surface area contributed by atoms with E-state index < -0.39 is 0 Å². The van der Waals surface area contributed by atoms with Crippen LogP contribution < -0.4 is 0 Å². The summed E-state index contributed by atoms with van der Waals surface area (Å²) in [5.74, 6) is 4.15. The second kappa shape index (κ2) is 5.65. The summed E-state index contributed by atoms with van der Waals surface area (Å²) in [4.78, 5) is 23.8. The lowest BCUT2D eigenvalue weighted by Crippen LogP contribution is -2.47. The van der Waals surface area contributed by atoms with Crippen molar-refractivity contribution < 1.29 is 14.3 Å². The van der Waals surface area contributed by atoms with Crippen LogP contribution in [0.15, 0.2) is 0 Å². The van der Waals surface area contributed by atoms with E-state index in [1.807, 2.05) is 0 Å². The number of carbonyl (C=O) groups is 2. The Labute approximate surface area is 133 Å². The minimum atomic E-state index is -0.126. The lowest BCUT2D eigenvalue weighted by Gasteiger charge is -2.51. The molecule has 4 aliphatic rings. The van der Waals surface area contributed by atoms with Crippen LogP contribution in [0.2, 0.25) is 0 Å². The number of carbonyl (C=O) groups excluding carboxylic acids is 2. The molecule has 122 valence electrons. The maximum atomic E-state index is 12.5. The predicted octanol–water partition coefficient (Wildman–Crippen LogP) is 3.75. The molecule has 4 fully saturated rings. The maximum absolute atomic E-state index is 12.5. The van der Waals surface area contributed by atoms with Gasteiger partial charge in [0.25, 0.3) is 0 Å². The van der Waals surface area contributed by atoms with E-state index in [4.69, 9.17) is 4.74 Å². The molecule has 0 heterocycles. The smallest absolute Gasteiger partial charge is 0.302 e. The van der Waals surface area contributed by atoms with Gasteiger partial charge < -0.3 is 4.74 Å². The van der Waals surface area contributed by atoms with Crippen LogP contribution in [-0.2, 0) is 14.3 Å². The third-order valence-electron chi connectivity index (χ3n) is 7.27. The first-order valence-electron chi connectivity index (χ1n) is 9.35. The highest BCUT2D eigenvalue weighted by molar-refractivity contribution is 5.82. The Bertz CT molecular complexity index is 471. The summed E-state index contributed by atoms with van der Waals surface area (Å²) < 4.78 is 5.58. The normalized spacial score (nSPS) is 47.3. The number of Topliss-reactive ketones (excluding diaryl/α,β-unsaturated/α-hetero) is 1. The van der Waals surface area contributed by atoms with Gasteiger partial charge in [-0.2, -0.15) is 0 Å². The number of esters is 1. The molecule has 0 aliphatic heterocycles. The molecule has 3 nitrogen and oxygen atoms in total. The minimum Gasteiger partial charge on any atom is -0.462 e. The quantitative estimate of drug-likeness (QED) is 0.693. The zero-order chi connectivity index (χ0) is 15.3. The Hall–Kier alpha value is -0.860. The van der Waals surface area contributed by atoms with Gasteiger partial charge in [-0.1, -0.05) is 0 Å². The molecule has 0 N–H and O–H groups in total. The van der Waals surface area contributed by atoms with E-state index in [0.29, 0.717) is 35.4 Å². The van der Waals surface area contributed by atoms with Crippen LogP contribution in [0.4, 0.5) is 0 Å². The fourth-order valence-corrected chi connectivity index (χ4v) is 6.61. The van der Waals surface area contributed by atoms with E-state index in [-0.39, 0.29) is 12.1 Å². The largest absolute Gasteiger partial charge is 0.462 e. The van der Waals surface area contributed by atoms with Gasteiger partial charge in [0.15, 0.2) is 0 Å². The SMILES string of the molecule is CC(=O)OC1CCC2C1CCC1C2CCC2CCCC(=O)C21. The molecule has 7 unspecified atom stereocenters. The molecule has 4 rings (SSSR count). The zero-order valence-corrected chi connectivity index (χ0v) is 13.6. The van der Waals surface area contributed by atoms with E-state index in [9.17, 15) is 9.59 Å². The summed E-state index contributed by atoms with van der Waals surface area (Å²) in [6.07, 6.45) is 10.6. The van der Waals surface area contributed by atoms with E-state index in [1.165, 1.54) is 45.4 Å². The molecule has 0 spiro atoms. The van der Waals surface area contributed by atoms with Crippen molar-refractivity contribution in [2.75, 3.05) is 0 Å². The Morgan fingerprint density at radius 1 is 0.909 bits per heavy atom. The topological polar surface area (TPSA) is 43.4 Å². The number of rotatable bonds is 1. The molecule has 0 radical (unpaired) electrons. The van der Waals surface area contributed by atoms with Gasteiger partial charge in [0.05, 0.1) is 0 Å². The van der Waals surface area contributed by atoms with Crippen LogP contribution in [0.1, 0.15) is 64.7 Å². The van der Waals surface area contributed by atoms with Gasteiger partial charge in [-0.25, -0.2) is 0 Å². The van der Waals surface area contributed by atoms with Gasteiger partial charge in [0.1, 0.15) is 11.9 Å². The second-order valence-electron chi connectivity index (χ2n) is 8.18. The van der Waals surface area contributed by atoms with Gasteiger partial charge in [-0.15, -0.1) is 0 Å². The average Bonchev–Trinajstić information content (AvgIpc) is 2.89. The number of hydrogen-bond acceptors (Lipinski definition) is 3. The highest BCUT2D eigenvalue weighted by atomic mass is 16.5. The standard InChI is InChI=1S/C19H28O3/c1-11(20)22-18-10-9-13-14-6-5-12-3-2-4-17(21)19(12)16(14)8-7-15(13)18/h12-16,18-19H,2-10H2,1H3. The fourth-order valence-electron chi connectivity index (χ4n) is 6.61. The van der Waals surface area contributed by atoms with Gasteiger partial charge in [-0.05, 0) is 81.0 Å². The third-order valence-corrected chi connectivity index (χ3v) is 7.27. The molecular weight excluding hydrogens is 276 g/mol. The Balaban J connectivity index is 1.52. The monoisotopic (exact) mass is 304 g/mol. The lowest BCUT2D eigenvalue weighted by atomic mass is 9.53. The summed E-state index contributed by atoms with van der Waals surface area (Å²) in [5.41, 5.74) is 0. The first-order chi connectivity index (χ1) is 10.6. The van der Waals surface area contributed by atoms with Crippen LogP contribution in [0, 0.1) is 35.5 Å². The van der Waals surface area contributed by atoms with Crippen molar-refractivity contribution in [1.29, 1.82) is 0 Å². The van der Waals surface area contributed by atoms with Crippen molar-refractivity contribution >= 4 is 11.8 Å². The van der Waals surface area contributed by atoms with Crippen molar-refractivity contribution in [2.45, 2.75) is 70.8 Å². The molecule has 0 aromatic heterocycles. The first kappa shape index (κ1) is 14.7. The highest BCUT2D eigenvalue weighted by Crippen LogP contribution is 2.57. The van der Waals surface area contributed by atoms with Crippen LogP contribution in [0.25, 0.3) is 0 Å². The maximum Gasteiger partial charge on any atom is 0.302 e. The lowest BCUT2D eigenvalue weighted by molar-refractivity contribution is -0.150. The van der Waals surface area contributed by atoms with Gasteiger partial charge in [0.2, 0.25) is 0 Å². The number of ether oxygens (including phenoxy) is 1. The summed E-state index contributed by atoms with van der Waals surface area (Å²) in [6, 6.07) is 0. The second-order valence-corrected chi connectivity index (χ2v) is 8.18. The first-order valence-corrected chi connectivity index (χ1v) is 9.35. The summed E-state index contributed by atoms with van der Waals surface area (Å²) >= 11 is 0. The van der Waals surface area contributed by atoms with Crippen LogP contribution in [-0.4, -0.2) is 17.9 Å². The van der Waals surface area contributed by atoms with E-state index >= 15 is 0 Å². The molecule has 3 heteroatoms. The Kier molecular flexibility index (Phi) is 3.78. The molecule has 0 saturated heterocycles. The molecule has 4 saturated carbocycles. The van der Waals surface area contributed by atoms with Gasteiger partial charge in [-0.3, -0.25) is 9.59 Å². The number of hydrogen-bond donors (Lipinski definition) is 0. The van der Waals surface area contributed by atoms with Crippen molar-refractivity contribution in [3.05, 3.63) is 0 Å². The predicted molar refractivity (Wildman–Crippen MR) is 83.1 cm³/mol. The third kappa shape index (κ3) is 2.32. The van der Waals surface area contributed by atoms with Crippen LogP contribution >= 0.6 is 0 Å². The molecule has 0 bridgehead atoms. The van der Waals surface area contributed by atoms with Crippen molar-refractivity contribution in [3.8, 4) is 0 Å². The van der Waals surface area contributed by atoms with Crippen LogP contribution in [0.3, 0.4) is 0 Å². The van der Waals surface area contributed by atoms with E-state index in [1.54, 1.807) is 0 Å². The van der Waals surface area contributed by atoms with Crippen molar-refractivity contribution in [2.24, 2.45) is 35.5 Å². The zero-order valence-electron chi connectivity index (χ0n) is 13.6. The Morgan fingerprint density at radius 2 is 1.59 bits per heavy atom. The summed E-state index contributed by atoms with van der Waals surface area (Å²) in [7, 11) is 0. The van der Waals surface area contributed by atoms with Crippen molar-refractivity contribution in [1.82, 2.24) is 0 Å². The number of fused-ring (bicyclic) bond motifs is 5.